The lowest BCUT2D eigenvalue weighted by molar-refractivity contribution is -0.142. The molecule has 1 rings (SSSR count). The predicted molar refractivity (Wildman–Crippen MR) is 79.5 cm³/mol. The minimum absolute atomic E-state index is 0.440. The van der Waals surface area contributed by atoms with E-state index in [0.717, 1.165) is 4.47 Å². The lowest BCUT2D eigenvalue weighted by atomic mass is 10.3. The molecule has 0 heterocycles. The van der Waals surface area contributed by atoms with Crippen LogP contribution in [-0.4, -0.2) is 19.1 Å². The quantitative estimate of drug-likeness (QED) is 0.634. The second-order valence-corrected chi connectivity index (χ2v) is 9.29. The van der Waals surface area contributed by atoms with E-state index in [2.05, 4.69) is 25.8 Å². The summed E-state index contributed by atoms with van der Waals surface area (Å²) in [7, 11) is 1.30. The number of nitrogens with one attached hydrogen (secondary N) is 1. The summed E-state index contributed by atoms with van der Waals surface area (Å²) in [6.07, 6.45) is 0. The number of methoxy groups -OCH3 is 1. The number of halogens is 2. The highest BCUT2D eigenvalue weighted by Crippen LogP contribution is 2.49. The van der Waals surface area contributed by atoms with E-state index in [1.807, 2.05) is 12.1 Å². The van der Waals surface area contributed by atoms with Gasteiger partial charge in [0, 0.05) is 4.47 Å². The molecule has 0 spiro atoms. The van der Waals surface area contributed by atoms with Crippen LogP contribution in [0.4, 0.5) is 0 Å². The third-order valence-electron chi connectivity index (χ3n) is 1.94. The zero-order valence-electron chi connectivity index (χ0n) is 9.72. The van der Waals surface area contributed by atoms with Crippen molar-refractivity contribution in [2.24, 2.45) is 0 Å². The molecule has 1 N–H and O–H groups in total. The van der Waals surface area contributed by atoms with Crippen LogP contribution in [0, 0.1) is 0 Å². The van der Waals surface area contributed by atoms with Crippen molar-refractivity contribution in [2.45, 2.75) is 13.0 Å². The maximum absolute atomic E-state index is 11.3. The molecule has 1 aromatic carbocycles. The van der Waals surface area contributed by atoms with E-state index in [-0.39, 0.29) is 0 Å². The van der Waals surface area contributed by atoms with Gasteiger partial charge in [0.15, 0.2) is 0 Å². The molecule has 0 bridgehead atoms. The summed E-state index contributed by atoms with van der Waals surface area (Å²) in [5, 5.41) is 2.75. The first kappa shape index (κ1) is 15.9. The summed E-state index contributed by atoms with van der Waals surface area (Å²) in [6.45, 7) is 1.61. The van der Waals surface area contributed by atoms with Gasteiger partial charge in [0.05, 0.1) is 7.11 Å². The Labute approximate surface area is 124 Å². The molecule has 2 atom stereocenters. The van der Waals surface area contributed by atoms with Gasteiger partial charge in [-0.05, 0) is 54.2 Å². The molecule has 0 saturated heterocycles. The van der Waals surface area contributed by atoms with Crippen LogP contribution >= 0.6 is 32.9 Å². The molecular formula is C10H12BrClNO3PS. The maximum Gasteiger partial charge on any atom is 0.323 e. The molecule has 0 radical (unpaired) electrons. The van der Waals surface area contributed by atoms with Crippen molar-refractivity contribution in [1.29, 1.82) is 0 Å². The average Bonchev–Trinajstić information content (AvgIpc) is 2.30. The fourth-order valence-corrected chi connectivity index (χ4v) is 3.81. The molecule has 0 aliphatic rings. The van der Waals surface area contributed by atoms with Crippen LogP contribution in [0.1, 0.15) is 6.92 Å². The number of hydrogen-bond donors (Lipinski definition) is 1. The van der Waals surface area contributed by atoms with Crippen molar-refractivity contribution >= 4 is 50.7 Å². The molecule has 0 fully saturated rings. The summed E-state index contributed by atoms with van der Waals surface area (Å²) in [4.78, 5) is 11.3. The minimum atomic E-state index is -2.81. The Hall–Kier alpha value is -0.130. The highest BCUT2D eigenvalue weighted by Gasteiger charge is 2.23. The summed E-state index contributed by atoms with van der Waals surface area (Å²) in [5.74, 6) is -2.71. The molecule has 0 saturated carbocycles. The third-order valence-corrected chi connectivity index (χ3v) is 4.65. The van der Waals surface area contributed by atoms with Crippen molar-refractivity contribution in [1.82, 2.24) is 5.09 Å². The number of ether oxygens (including phenoxy) is 1. The van der Waals surface area contributed by atoms with Gasteiger partial charge in [0.1, 0.15) is 11.8 Å². The SMILES string of the molecule is COC(=O)[C@H](C)NP(=S)(Cl)Oc1ccc(Br)cc1. The van der Waals surface area contributed by atoms with Crippen LogP contribution in [0.5, 0.6) is 5.75 Å². The Balaban J connectivity index is 2.67. The van der Waals surface area contributed by atoms with Crippen LogP contribution in [-0.2, 0) is 21.3 Å². The van der Waals surface area contributed by atoms with Crippen LogP contribution in [0.25, 0.3) is 0 Å². The van der Waals surface area contributed by atoms with Gasteiger partial charge in [-0.1, -0.05) is 15.9 Å². The molecule has 1 unspecified atom stereocenters. The van der Waals surface area contributed by atoms with Gasteiger partial charge < -0.3 is 9.26 Å². The van der Waals surface area contributed by atoms with Gasteiger partial charge >= 0.3 is 5.97 Å². The van der Waals surface area contributed by atoms with Gasteiger partial charge in [-0.2, -0.15) is 0 Å². The van der Waals surface area contributed by atoms with Gasteiger partial charge in [-0.15, -0.1) is 0 Å². The second-order valence-electron chi connectivity index (χ2n) is 3.40. The fraction of sp³-hybridized carbons (Fsp3) is 0.300. The molecule has 0 aliphatic heterocycles. The smallest absolute Gasteiger partial charge is 0.323 e. The molecule has 0 aliphatic carbocycles. The van der Waals surface area contributed by atoms with E-state index in [0.29, 0.717) is 5.75 Å². The van der Waals surface area contributed by atoms with Crippen molar-refractivity contribution in [3.8, 4) is 5.75 Å². The van der Waals surface area contributed by atoms with E-state index in [4.69, 9.17) is 27.6 Å². The topological polar surface area (TPSA) is 47.6 Å². The van der Waals surface area contributed by atoms with Crippen molar-refractivity contribution < 1.29 is 14.1 Å². The number of benzene rings is 1. The number of rotatable bonds is 5. The lowest BCUT2D eigenvalue weighted by Gasteiger charge is -2.20. The largest absolute Gasteiger partial charge is 0.468 e. The highest BCUT2D eigenvalue weighted by atomic mass is 79.9. The molecule has 18 heavy (non-hydrogen) atoms. The van der Waals surface area contributed by atoms with Crippen LogP contribution in [0.15, 0.2) is 28.7 Å². The number of carbonyl (C=O) groups is 1. The van der Waals surface area contributed by atoms with Crippen LogP contribution in [0.2, 0.25) is 0 Å². The first-order valence-electron chi connectivity index (χ1n) is 4.94. The second kappa shape index (κ2) is 6.87. The van der Waals surface area contributed by atoms with Crippen LogP contribution in [0.3, 0.4) is 0 Å². The Morgan fingerprint density at radius 1 is 1.50 bits per heavy atom. The van der Waals surface area contributed by atoms with Gasteiger partial charge in [0.25, 0.3) is 5.77 Å². The fourth-order valence-electron chi connectivity index (χ4n) is 1.12. The Kier molecular flexibility index (Phi) is 6.08. The predicted octanol–water partition coefficient (Wildman–Crippen LogP) is 3.44. The minimum Gasteiger partial charge on any atom is -0.468 e. The van der Waals surface area contributed by atoms with E-state index in [9.17, 15) is 4.79 Å². The maximum atomic E-state index is 11.3. The molecule has 4 nitrogen and oxygen atoms in total. The Morgan fingerprint density at radius 2 is 2.06 bits per heavy atom. The van der Waals surface area contributed by atoms with Gasteiger partial charge in [0.2, 0.25) is 0 Å². The summed E-state index contributed by atoms with van der Waals surface area (Å²) < 4.78 is 11.0. The Bertz CT molecular complexity index is 471. The first-order chi connectivity index (χ1) is 8.34. The molecule has 0 amide bonds. The number of hydrogen-bond acceptors (Lipinski definition) is 4. The molecular weight excluding hydrogens is 361 g/mol. The standard InChI is InChI=1S/C10H12BrClNO3PS/c1-7(10(14)15-2)13-17(12,18)16-9-5-3-8(11)4-6-9/h3-7H,1-2H3,(H,13,18)/t7-,17?/m0/s1. The summed E-state index contributed by atoms with van der Waals surface area (Å²) in [5.41, 5.74) is 0. The van der Waals surface area contributed by atoms with Gasteiger partial charge in [-0.25, -0.2) is 5.09 Å². The van der Waals surface area contributed by atoms with Crippen molar-refractivity contribution in [2.75, 3.05) is 7.11 Å². The third kappa shape index (κ3) is 5.24. The molecule has 1 aromatic rings. The molecule has 100 valence electrons. The number of carbonyl (C=O) groups excluding carboxylic acids is 1. The van der Waals surface area contributed by atoms with E-state index >= 15 is 0 Å². The first-order valence-corrected chi connectivity index (χ1v) is 9.36. The normalized spacial score (nSPS) is 15.6. The van der Waals surface area contributed by atoms with E-state index in [1.54, 1.807) is 19.1 Å². The Morgan fingerprint density at radius 3 is 2.56 bits per heavy atom. The van der Waals surface area contributed by atoms with E-state index in [1.165, 1.54) is 7.11 Å². The van der Waals surface area contributed by atoms with E-state index < -0.39 is 17.8 Å². The zero-order valence-corrected chi connectivity index (χ0v) is 13.8. The van der Waals surface area contributed by atoms with Crippen molar-refractivity contribution in [3.63, 3.8) is 0 Å². The van der Waals surface area contributed by atoms with Crippen LogP contribution < -0.4 is 9.61 Å². The zero-order chi connectivity index (χ0) is 13.8. The number of esters is 1. The van der Waals surface area contributed by atoms with Gasteiger partial charge in [-0.3, -0.25) is 4.79 Å². The monoisotopic (exact) mass is 371 g/mol. The summed E-state index contributed by atoms with van der Waals surface area (Å²) >= 11 is 14.5. The molecule has 0 aromatic heterocycles. The highest BCUT2D eigenvalue weighted by molar-refractivity contribution is 9.10. The molecule has 8 heteroatoms. The lowest BCUT2D eigenvalue weighted by Crippen LogP contribution is -2.32. The van der Waals surface area contributed by atoms with Crippen molar-refractivity contribution in [3.05, 3.63) is 28.7 Å². The average molecular weight is 373 g/mol. The summed E-state index contributed by atoms with van der Waals surface area (Å²) in [6, 6.07) is 6.47.